The first-order valence-corrected chi connectivity index (χ1v) is 18.4. The summed E-state index contributed by atoms with van der Waals surface area (Å²) in [6.07, 6.45) is -0.277. The van der Waals surface area contributed by atoms with Gasteiger partial charge in [0.15, 0.2) is 17.5 Å². The zero-order valence-corrected chi connectivity index (χ0v) is 34.8. The molecule has 0 fully saturated rings. The van der Waals surface area contributed by atoms with Crippen LogP contribution in [0.3, 0.4) is 0 Å². The summed E-state index contributed by atoms with van der Waals surface area (Å²) in [6, 6.07) is 26.0. The third kappa shape index (κ3) is 12.9. The van der Waals surface area contributed by atoms with Crippen molar-refractivity contribution in [1.82, 2.24) is 14.8 Å². The Kier molecular flexibility index (Phi) is 17.3. The van der Waals surface area contributed by atoms with Gasteiger partial charge in [0, 0.05) is 41.6 Å². The summed E-state index contributed by atoms with van der Waals surface area (Å²) in [5.41, 5.74) is 2.26. The maximum atomic E-state index is 12.0. The van der Waals surface area contributed by atoms with Crippen LogP contribution in [0.2, 0.25) is 10.0 Å². The minimum atomic E-state index is -1.23. The second-order valence-electron chi connectivity index (χ2n) is 10.3. The fourth-order valence-corrected chi connectivity index (χ4v) is 5.57. The molecule has 17 heteroatoms. The van der Waals surface area contributed by atoms with Gasteiger partial charge in [-0.15, -0.1) is 5.10 Å². The predicted octanol–water partition coefficient (Wildman–Crippen LogP) is 9.60. The molecule has 0 amide bonds. The molecule has 0 spiro atoms. The maximum Gasteiger partial charge on any atom is 0.377 e. The molecule has 0 aliphatic carbocycles. The number of carbonyl (C=O) groups is 5. The number of ether oxygens (including phenoxy) is 3. The largest absolute Gasteiger partial charge is 0.468 e. The smallest absolute Gasteiger partial charge is 0.377 e. The topological polar surface area (TPSA) is 144 Å². The summed E-state index contributed by atoms with van der Waals surface area (Å²) in [6.45, 7) is 0. The van der Waals surface area contributed by atoms with E-state index >= 15 is 0 Å². The first kappa shape index (κ1) is 43.5. The Morgan fingerprint density at radius 1 is 0.698 bits per heavy atom. The van der Waals surface area contributed by atoms with Crippen molar-refractivity contribution in [3.63, 3.8) is 0 Å². The van der Waals surface area contributed by atoms with Gasteiger partial charge in [-0.25, -0.2) is 14.5 Å². The normalized spacial score (nSPS) is 10.2. The van der Waals surface area contributed by atoms with Crippen molar-refractivity contribution in [2.24, 2.45) is 5.92 Å². The zero-order chi connectivity index (χ0) is 39.2. The van der Waals surface area contributed by atoms with Gasteiger partial charge in [-0.3, -0.25) is 19.2 Å². The number of halogens is 6. The number of nitrogens with zero attached hydrogens (tertiary/aromatic N) is 3. The highest BCUT2D eigenvalue weighted by molar-refractivity contribution is 9.11. The second-order valence-corrected chi connectivity index (χ2v) is 14.2. The van der Waals surface area contributed by atoms with Crippen LogP contribution in [-0.4, -0.2) is 65.0 Å². The van der Waals surface area contributed by atoms with E-state index in [1.807, 2.05) is 24.3 Å². The molecule has 11 nitrogen and oxygen atoms in total. The number of carbonyl (C=O) groups excluding carboxylic acids is 5. The number of hydrogen-bond acceptors (Lipinski definition) is 10. The van der Waals surface area contributed by atoms with Crippen LogP contribution in [0.4, 0.5) is 0 Å². The molecule has 1 aromatic heterocycles. The molecule has 0 unspecified atom stereocenters. The van der Waals surface area contributed by atoms with Gasteiger partial charge in [0.25, 0.3) is 11.1 Å². The summed E-state index contributed by atoms with van der Waals surface area (Å²) in [4.78, 5) is 61.5. The molecule has 0 bridgehead atoms. The van der Waals surface area contributed by atoms with Crippen LogP contribution in [-0.2, 0) is 23.8 Å². The van der Waals surface area contributed by atoms with Gasteiger partial charge in [-0.05, 0) is 78.3 Å². The molecule has 4 aromatic carbocycles. The quantitative estimate of drug-likeness (QED) is 0.0461. The van der Waals surface area contributed by atoms with Crippen molar-refractivity contribution in [3.05, 3.63) is 131 Å². The monoisotopic (exact) mass is 971 g/mol. The van der Waals surface area contributed by atoms with Crippen LogP contribution >= 0.6 is 82.6 Å². The van der Waals surface area contributed by atoms with E-state index in [0.29, 0.717) is 32.7 Å². The van der Waals surface area contributed by atoms with Crippen molar-refractivity contribution < 1.29 is 38.2 Å². The highest BCUT2D eigenvalue weighted by Gasteiger charge is 2.31. The lowest BCUT2D eigenvalue weighted by atomic mass is 9.98. The number of hydrogen-bond donors (Lipinski definition) is 0. The summed E-state index contributed by atoms with van der Waals surface area (Å²) < 4.78 is 17.9. The summed E-state index contributed by atoms with van der Waals surface area (Å²) in [7, 11) is 3.59. The van der Waals surface area contributed by atoms with E-state index in [1.165, 1.54) is 11.8 Å². The highest BCUT2D eigenvalue weighted by atomic mass is 79.9. The van der Waals surface area contributed by atoms with Gasteiger partial charge in [-0.2, -0.15) is 0 Å². The van der Waals surface area contributed by atoms with Gasteiger partial charge in [0.05, 0.1) is 32.0 Å². The van der Waals surface area contributed by atoms with E-state index in [-0.39, 0.29) is 18.0 Å². The maximum absolute atomic E-state index is 12.0. The Hall–Kier alpha value is -3.92. The number of esters is 3. The average molecular weight is 976 g/mol. The lowest BCUT2D eigenvalue weighted by Gasteiger charge is -2.11. The Morgan fingerprint density at radius 3 is 1.64 bits per heavy atom. The molecule has 5 rings (SSSR count). The highest BCUT2D eigenvalue weighted by Crippen LogP contribution is 2.29. The van der Waals surface area contributed by atoms with Crippen molar-refractivity contribution >= 4 is 112 Å². The van der Waals surface area contributed by atoms with Crippen LogP contribution in [0.15, 0.2) is 104 Å². The molecule has 5 aromatic rings. The molecule has 53 heavy (non-hydrogen) atoms. The predicted molar refractivity (Wildman–Crippen MR) is 211 cm³/mol. The van der Waals surface area contributed by atoms with E-state index in [2.05, 4.69) is 67.3 Å². The van der Waals surface area contributed by atoms with Gasteiger partial charge < -0.3 is 14.2 Å². The van der Waals surface area contributed by atoms with Gasteiger partial charge in [0.2, 0.25) is 0 Å². The third-order valence-corrected chi connectivity index (χ3v) is 9.16. The second kappa shape index (κ2) is 21.1. The Bertz CT molecular complexity index is 2060. The van der Waals surface area contributed by atoms with Gasteiger partial charge in [-0.1, -0.05) is 95.3 Å². The van der Waals surface area contributed by atoms with Crippen LogP contribution < -0.4 is 0 Å². The zero-order valence-electron chi connectivity index (χ0n) is 27.8. The Labute approximate surface area is 344 Å². The van der Waals surface area contributed by atoms with Crippen molar-refractivity contribution in [2.75, 3.05) is 21.3 Å². The fourth-order valence-electron chi connectivity index (χ4n) is 4.16. The first-order valence-electron chi connectivity index (χ1n) is 14.9. The van der Waals surface area contributed by atoms with Crippen molar-refractivity contribution in [3.8, 4) is 17.1 Å². The molecule has 0 N–H and O–H groups in total. The van der Waals surface area contributed by atoms with E-state index < -0.39 is 29.1 Å². The third-order valence-electron chi connectivity index (χ3n) is 6.81. The SMILES string of the molecule is COC(=O)C(CC(=O)c1ccc(Br)cc1)C(=O)OC.COC(=O)c1nc(-c2ccc(Br)cc2)n(-c2ccc(Cl)cc2Cl)n1.O=C(Cl)c1ccc(Br)cc1. The van der Waals surface area contributed by atoms with Crippen LogP contribution in [0.25, 0.3) is 17.1 Å². The lowest BCUT2D eigenvalue weighted by molar-refractivity contribution is -0.158. The first-order chi connectivity index (χ1) is 25.2. The summed E-state index contributed by atoms with van der Waals surface area (Å²) in [5, 5.41) is 4.70. The molecule has 0 radical (unpaired) electrons. The van der Waals surface area contributed by atoms with E-state index in [0.717, 1.165) is 33.2 Å². The molecule has 1 heterocycles. The van der Waals surface area contributed by atoms with E-state index in [1.54, 1.807) is 66.7 Å². The van der Waals surface area contributed by atoms with E-state index in [4.69, 9.17) is 39.5 Å². The Balaban J connectivity index is 0.000000232. The van der Waals surface area contributed by atoms with Crippen molar-refractivity contribution in [1.29, 1.82) is 0 Å². The van der Waals surface area contributed by atoms with Gasteiger partial charge >= 0.3 is 17.9 Å². The lowest BCUT2D eigenvalue weighted by Crippen LogP contribution is -2.28. The minimum Gasteiger partial charge on any atom is -0.468 e. The van der Waals surface area contributed by atoms with E-state index in [9.17, 15) is 24.0 Å². The number of benzene rings is 4. The number of methoxy groups -OCH3 is 3. The molecular formula is C36H27Br3Cl3N3O8. The van der Waals surface area contributed by atoms with Crippen molar-refractivity contribution in [2.45, 2.75) is 6.42 Å². The molecule has 0 saturated heterocycles. The average Bonchev–Trinajstić information content (AvgIpc) is 3.59. The number of rotatable bonds is 9. The minimum absolute atomic E-state index is 0.0542. The number of Topliss-reactive ketones (excluding diaryl/α,β-unsaturated/α-hetero) is 1. The number of aromatic nitrogens is 3. The molecule has 0 aliphatic rings. The fraction of sp³-hybridized carbons (Fsp3) is 0.139. The van der Waals surface area contributed by atoms with Crippen LogP contribution in [0.1, 0.15) is 37.8 Å². The molecular weight excluding hydrogens is 948 g/mol. The number of ketones is 1. The molecule has 0 atom stereocenters. The van der Waals surface area contributed by atoms with Crippen LogP contribution in [0.5, 0.6) is 0 Å². The molecule has 0 saturated carbocycles. The Morgan fingerprint density at radius 2 is 1.19 bits per heavy atom. The molecule has 0 aliphatic heterocycles. The van der Waals surface area contributed by atoms with Crippen LogP contribution in [0, 0.1) is 5.92 Å². The summed E-state index contributed by atoms with van der Waals surface area (Å²) >= 11 is 27.3. The van der Waals surface area contributed by atoms with Gasteiger partial charge in [0.1, 0.15) is 0 Å². The summed E-state index contributed by atoms with van der Waals surface area (Å²) in [5.74, 6) is -3.33. The molecule has 276 valence electrons. The standard InChI is InChI=1S/C16H10BrCl2N3O2.C13H13BrO5.C7H4BrClO/c1-24-16(23)14-20-15(9-2-4-10(17)5-3-9)22(21-14)13-7-6-11(18)8-12(13)19;1-18-12(16)10(13(17)19-2)7-11(15)8-3-5-9(14)6-4-8;8-6-3-1-5(2-4-6)7(9)10/h2-8H,1H3;3-6,10H,7H2,1-2H3;1-4H.